The van der Waals surface area contributed by atoms with E-state index in [0.29, 0.717) is 35.7 Å². The molecule has 206 valence electrons. The average Bonchev–Trinajstić information content (AvgIpc) is 2.89. The van der Waals surface area contributed by atoms with Gasteiger partial charge in [-0.2, -0.15) is 0 Å². The van der Waals surface area contributed by atoms with Crippen molar-refractivity contribution in [3.63, 3.8) is 0 Å². The number of carbonyl (C=O) groups excluding carboxylic acids is 2. The number of benzene rings is 3. The first-order chi connectivity index (χ1) is 18.6. The van der Waals surface area contributed by atoms with Crippen LogP contribution in [0.2, 0.25) is 5.02 Å². The van der Waals surface area contributed by atoms with Crippen LogP contribution in [-0.2, 0) is 21.2 Å². The normalized spacial score (nSPS) is 15.6. The molecule has 0 aliphatic carbocycles. The van der Waals surface area contributed by atoms with Crippen LogP contribution in [-0.4, -0.2) is 62.3 Å². The van der Waals surface area contributed by atoms with Crippen molar-refractivity contribution in [1.29, 1.82) is 0 Å². The Morgan fingerprint density at radius 3 is 2.56 bits per heavy atom. The molecule has 0 aromatic heterocycles. The van der Waals surface area contributed by atoms with Crippen molar-refractivity contribution in [1.82, 2.24) is 9.80 Å². The molecule has 0 saturated carbocycles. The number of piperazine rings is 1. The summed E-state index contributed by atoms with van der Waals surface area (Å²) in [7, 11) is -4.08. The number of rotatable bonds is 8. The van der Waals surface area contributed by atoms with E-state index in [1.54, 1.807) is 65.3 Å². The van der Waals surface area contributed by atoms with Crippen LogP contribution in [0.25, 0.3) is 0 Å². The zero-order valence-electron chi connectivity index (χ0n) is 21.6. The summed E-state index contributed by atoms with van der Waals surface area (Å²) in [4.78, 5) is 29.9. The summed E-state index contributed by atoms with van der Waals surface area (Å²) in [5.74, 6) is -0.144. The van der Waals surface area contributed by atoms with E-state index in [4.69, 9.17) is 16.3 Å². The standard InChI is InChI=1S/C28H29BrClN3O5S/c1-3-38-25-12-11-21(29)17-26(25)39(36,37)31-24-10-5-4-9-23(24)28(35)32-13-14-33(19(2)18-32)27(34)16-20-7-6-8-22(30)15-20/h4-12,15,17,19,31H,3,13-14,16,18H2,1-2H3. The van der Waals surface area contributed by atoms with Crippen molar-refractivity contribution >= 4 is 55.1 Å². The minimum Gasteiger partial charge on any atom is -0.492 e. The summed E-state index contributed by atoms with van der Waals surface area (Å²) in [6.07, 6.45) is 0.225. The van der Waals surface area contributed by atoms with Crippen LogP contribution < -0.4 is 9.46 Å². The van der Waals surface area contributed by atoms with Gasteiger partial charge in [-0.3, -0.25) is 14.3 Å². The number of carbonyl (C=O) groups is 2. The molecule has 1 N–H and O–H groups in total. The molecule has 8 nitrogen and oxygen atoms in total. The number of amides is 2. The first-order valence-corrected chi connectivity index (χ1v) is 15.1. The lowest BCUT2D eigenvalue weighted by Gasteiger charge is -2.40. The largest absolute Gasteiger partial charge is 0.492 e. The Morgan fingerprint density at radius 2 is 1.85 bits per heavy atom. The van der Waals surface area contributed by atoms with Gasteiger partial charge in [0.15, 0.2) is 0 Å². The van der Waals surface area contributed by atoms with Crippen LogP contribution in [0.5, 0.6) is 5.75 Å². The minimum absolute atomic E-state index is 0.0378. The highest BCUT2D eigenvalue weighted by atomic mass is 79.9. The SMILES string of the molecule is CCOc1ccc(Br)cc1S(=O)(=O)Nc1ccccc1C(=O)N1CCN(C(=O)Cc2cccc(Cl)c2)C(C)C1. The number of sulfonamides is 1. The molecule has 0 spiro atoms. The highest BCUT2D eigenvalue weighted by Gasteiger charge is 2.31. The number of nitrogens with one attached hydrogen (secondary N) is 1. The smallest absolute Gasteiger partial charge is 0.265 e. The van der Waals surface area contributed by atoms with E-state index in [2.05, 4.69) is 20.7 Å². The van der Waals surface area contributed by atoms with Gasteiger partial charge < -0.3 is 14.5 Å². The summed E-state index contributed by atoms with van der Waals surface area (Å²) in [6, 6.07) is 18.2. The Morgan fingerprint density at radius 1 is 1.08 bits per heavy atom. The fraction of sp³-hybridized carbons (Fsp3) is 0.286. The minimum atomic E-state index is -4.08. The predicted molar refractivity (Wildman–Crippen MR) is 155 cm³/mol. The van der Waals surface area contributed by atoms with Gasteiger partial charge >= 0.3 is 0 Å². The molecule has 1 aliphatic heterocycles. The third-order valence-electron chi connectivity index (χ3n) is 6.38. The average molecular weight is 635 g/mol. The predicted octanol–water partition coefficient (Wildman–Crippen LogP) is 5.22. The van der Waals surface area contributed by atoms with E-state index >= 15 is 0 Å². The van der Waals surface area contributed by atoms with Crippen molar-refractivity contribution < 1.29 is 22.7 Å². The van der Waals surface area contributed by atoms with E-state index in [1.807, 2.05) is 19.1 Å². The summed E-state index contributed by atoms with van der Waals surface area (Å²) >= 11 is 9.37. The molecule has 1 saturated heterocycles. The van der Waals surface area contributed by atoms with E-state index in [9.17, 15) is 18.0 Å². The Bertz CT molecular complexity index is 1480. The maximum Gasteiger partial charge on any atom is 0.265 e. The van der Waals surface area contributed by atoms with Crippen LogP contribution in [0.3, 0.4) is 0 Å². The lowest BCUT2D eigenvalue weighted by Crippen LogP contribution is -2.55. The van der Waals surface area contributed by atoms with Crippen molar-refractivity contribution in [2.45, 2.75) is 31.2 Å². The maximum atomic E-state index is 13.6. The molecule has 1 aliphatic rings. The van der Waals surface area contributed by atoms with Gasteiger partial charge in [0.05, 0.1) is 24.3 Å². The third-order valence-corrected chi connectivity index (χ3v) is 8.49. The molecule has 39 heavy (non-hydrogen) atoms. The Balaban J connectivity index is 1.49. The highest BCUT2D eigenvalue weighted by molar-refractivity contribution is 9.10. The molecule has 1 fully saturated rings. The van der Waals surface area contributed by atoms with Crippen LogP contribution in [0, 0.1) is 0 Å². The lowest BCUT2D eigenvalue weighted by molar-refractivity contribution is -0.134. The van der Waals surface area contributed by atoms with E-state index < -0.39 is 10.0 Å². The molecule has 1 unspecified atom stereocenters. The zero-order chi connectivity index (χ0) is 28.2. The number of hydrogen-bond acceptors (Lipinski definition) is 5. The fourth-order valence-corrected chi connectivity index (χ4v) is 6.51. The van der Waals surface area contributed by atoms with Crippen LogP contribution in [0.4, 0.5) is 5.69 Å². The summed E-state index contributed by atoms with van der Waals surface area (Å²) < 4.78 is 35.4. The van der Waals surface area contributed by atoms with Crippen molar-refractivity contribution in [2.24, 2.45) is 0 Å². The number of ether oxygens (including phenoxy) is 1. The molecule has 2 amide bonds. The summed E-state index contributed by atoms with van der Waals surface area (Å²) in [5, 5.41) is 0.576. The van der Waals surface area contributed by atoms with E-state index in [1.165, 1.54) is 6.07 Å². The third kappa shape index (κ3) is 6.93. The van der Waals surface area contributed by atoms with Gasteiger partial charge in [-0.25, -0.2) is 8.42 Å². The van der Waals surface area contributed by atoms with Gasteiger partial charge in [0.1, 0.15) is 10.6 Å². The van der Waals surface area contributed by atoms with Crippen molar-refractivity contribution in [2.75, 3.05) is 31.0 Å². The van der Waals surface area contributed by atoms with Gasteiger partial charge in [0.25, 0.3) is 15.9 Å². The van der Waals surface area contributed by atoms with Crippen LogP contribution in [0.1, 0.15) is 29.8 Å². The Labute approximate surface area is 242 Å². The molecule has 4 rings (SSSR count). The molecule has 1 heterocycles. The maximum absolute atomic E-state index is 13.6. The van der Waals surface area contributed by atoms with Crippen molar-refractivity contribution in [3.8, 4) is 5.75 Å². The molecule has 3 aromatic rings. The van der Waals surface area contributed by atoms with Gasteiger partial charge in [-0.1, -0.05) is 51.8 Å². The van der Waals surface area contributed by atoms with Gasteiger partial charge in [-0.15, -0.1) is 0 Å². The van der Waals surface area contributed by atoms with E-state index in [0.717, 1.165) is 5.56 Å². The Hall–Kier alpha value is -3.08. The topological polar surface area (TPSA) is 96.0 Å². The molecule has 0 radical (unpaired) electrons. The molecular weight excluding hydrogens is 606 g/mol. The lowest BCUT2D eigenvalue weighted by atomic mass is 10.1. The Kier molecular flexibility index (Phi) is 9.19. The molecule has 1 atom stereocenters. The summed E-state index contributed by atoms with van der Waals surface area (Å²) in [6.45, 7) is 4.98. The first-order valence-electron chi connectivity index (χ1n) is 12.5. The fourth-order valence-electron chi connectivity index (χ4n) is 4.53. The molecule has 0 bridgehead atoms. The summed E-state index contributed by atoms with van der Waals surface area (Å²) in [5.41, 5.74) is 1.22. The van der Waals surface area contributed by atoms with Gasteiger partial charge in [0, 0.05) is 35.2 Å². The highest BCUT2D eigenvalue weighted by Crippen LogP contribution is 2.30. The quantitative estimate of drug-likeness (QED) is 0.367. The second-order valence-electron chi connectivity index (χ2n) is 9.17. The second-order valence-corrected chi connectivity index (χ2v) is 12.2. The number of para-hydroxylation sites is 1. The van der Waals surface area contributed by atoms with Crippen LogP contribution >= 0.6 is 27.5 Å². The molecule has 11 heteroatoms. The number of halogens is 2. The number of nitrogens with zero attached hydrogens (tertiary/aromatic N) is 2. The second kappa shape index (κ2) is 12.4. The van der Waals surface area contributed by atoms with Crippen LogP contribution in [0.15, 0.2) is 76.1 Å². The number of anilines is 1. The van der Waals surface area contributed by atoms with E-state index in [-0.39, 0.29) is 46.2 Å². The zero-order valence-corrected chi connectivity index (χ0v) is 24.7. The molecular formula is C28H29BrClN3O5S. The monoisotopic (exact) mass is 633 g/mol. The van der Waals surface area contributed by atoms with Gasteiger partial charge in [-0.05, 0) is 61.9 Å². The first kappa shape index (κ1) is 28.9. The van der Waals surface area contributed by atoms with Crippen molar-refractivity contribution in [3.05, 3.63) is 87.4 Å². The molecule has 3 aromatic carbocycles. The van der Waals surface area contributed by atoms with Gasteiger partial charge in [0.2, 0.25) is 5.91 Å². The number of hydrogen-bond donors (Lipinski definition) is 1.